The van der Waals surface area contributed by atoms with Crippen LogP contribution in [0.25, 0.3) is 0 Å². The summed E-state index contributed by atoms with van der Waals surface area (Å²) in [6, 6.07) is 9.38. The topological polar surface area (TPSA) is 105 Å². The van der Waals surface area contributed by atoms with Crippen molar-refractivity contribution in [3.63, 3.8) is 0 Å². The summed E-state index contributed by atoms with van der Waals surface area (Å²) in [7, 11) is 3.01. The van der Waals surface area contributed by atoms with Crippen LogP contribution in [-0.4, -0.2) is 54.0 Å². The number of methoxy groups -OCH3 is 2. The molecule has 0 fully saturated rings. The Bertz CT molecular complexity index is 1040. The van der Waals surface area contributed by atoms with Gasteiger partial charge < -0.3 is 19.9 Å². The molecule has 31 heavy (non-hydrogen) atoms. The molecule has 0 saturated carbocycles. The van der Waals surface area contributed by atoms with Gasteiger partial charge in [-0.2, -0.15) is 0 Å². The molecule has 164 valence electrons. The predicted octanol–water partition coefficient (Wildman–Crippen LogP) is 2.56. The van der Waals surface area contributed by atoms with Crippen molar-refractivity contribution in [3.8, 4) is 11.5 Å². The van der Waals surface area contributed by atoms with Crippen molar-refractivity contribution < 1.29 is 29.0 Å². The van der Waals surface area contributed by atoms with Crippen LogP contribution in [0.15, 0.2) is 36.4 Å². The number of ether oxygens (including phenoxy) is 2. The van der Waals surface area contributed by atoms with Crippen LogP contribution in [0.4, 0.5) is 0 Å². The van der Waals surface area contributed by atoms with E-state index in [1.807, 2.05) is 0 Å². The summed E-state index contributed by atoms with van der Waals surface area (Å²) < 4.78 is 10.4. The third-order valence-corrected chi connectivity index (χ3v) is 5.07. The van der Waals surface area contributed by atoms with Gasteiger partial charge in [0, 0.05) is 17.6 Å². The van der Waals surface area contributed by atoms with Gasteiger partial charge in [0.2, 0.25) is 0 Å². The summed E-state index contributed by atoms with van der Waals surface area (Å²) in [5, 5.41) is 13.1. The first-order valence-corrected chi connectivity index (χ1v) is 9.79. The highest BCUT2D eigenvalue weighted by atomic mass is 16.5. The van der Waals surface area contributed by atoms with E-state index in [1.165, 1.54) is 37.3 Å². The minimum absolute atomic E-state index is 0.0492. The second-order valence-corrected chi connectivity index (χ2v) is 8.22. The molecule has 2 aromatic carbocycles. The Morgan fingerprint density at radius 2 is 1.65 bits per heavy atom. The van der Waals surface area contributed by atoms with E-state index in [0.29, 0.717) is 17.1 Å². The van der Waals surface area contributed by atoms with E-state index in [9.17, 15) is 19.5 Å². The van der Waals surface area contributed by atoms with Crippen molar-refractivity contribution in [1.29, 1.82) is 0 Å². The summed E-state index contributed by atoms with van der Waals surface area (Å²) in [4.78, 5) is 39.0. The molecule has 0 spiro atoms. The van der Waals surface area contributed by atoms with E-state index in [2.05, 4.69) is 5.32 Å². The molecular formula is C23H26N2O6. The van der Waals surface area contributed by atoms with Crippen molar-refractivity contribution in [2.24, 2.45) is 0 Å². The van der Waals surface area contributed by atoms with Gasteiger partial charge >= 0.3 is 0 Å². The number of nitrogens with zero attached hydrogens (tertiary/aromatic N) is 1. The Hall–Kier alpha value is -3.39. The lowest BCUT2D eigenvalue weighted by atomic mass is 10.0. The largest absolute Gasteiger partial charge is 0.493 e. The Labute approximate surface area is 180 Å². The zero-order valence-corrected chi connectivity index (χ0v) is 18.2. The predicted molar refractivity (Wildman–Crippen MR) is 114 cm³/mol. The molecule has 1 atom stereocenters. The number of benzene rings is 2. The first-order chi connectivity index (χ1) is 14.6. The minimum atomic E-state index is -0.974. The molecule has 1 aliphatic rings. The molecule has 8 heteroatoms. The molecule has 0 aromatic heterocycles. The normalized spacial score (nSPS) is 14.3. The van der Waals surface area contributed by atoms with Crippen molar-refractivity contribution in [1.82, 2.24) is 10.2 Å². The van der Waals surface area contributed by atoms with Crippen LogP contribution >= 0.6 is 0 Å². The lowest BCUT2D eigenvalue weighted by Gasteiger charge is -2.29. The van der Waals surface area contributed by atoms with E-state index in [1.54, 1.807) is 39.0 Å². The second kappa shape index (κ2) is 8.39. The quantitative estimate of drug-likeness (QED) is 0.688. The van der Waals surface area contributed by atoms with Gasteiger partial charge in [-0.25, -0.2) is 0 Å². The summed E-state index contributed by atoms with van der Waals surface area (Å²) >= 11 is 0. The van der Waals surface area contributed by atoms with Gasteiger partial charge in [0.05, 0.1) is 31.5 Å². The van der Waals surface area contributed by atoms with Crippen molar-refractivity contribution in [2.45, 2.75) is 32.4 Å². The Kier molecular flexibility index (Phi) is 6.03. The molecule has 0 aliphatic carbocycles. The number of rotatable bonds is 6. The summed E-state index contributed by atoms with van der Waals surface area (Å²) in [6.07, 6.45) is -0.974. The third kappa shape index (κ3) is 4.25. The van der Waals surface area contributed by atoms with Crippen LogP contribution < -0.4 is 14.8 Å². The molecule has 3 rings (SSSR count). The van der Waals surface area contributed by atoms with Crippen LogP contribution in [0.5, 0.6) is 11.5 Å². The number of hydrogen-bond acceptors (Lipinski definition) is 6. The highest BCUT2D eigenvalue weighted by molar-refractivity contribution is 6.22. The van der Waals surface area contributed by atoms with E-state index in [0.717, 1.165) is 0 Å². The van der Waals surface area contributed by atoms with Crippen LogP contribution in [0.2, 0.25) is 0 Å². The van der Waals surface area contributed by atoms with Crippen molar-refractivity contribution >= 4 is 17.7 Å². The van der Waals surface area contributed by atoms with Crippen LogP contribution in [-0.2, 0) is 0 Å². The Morgan fingerprint density at radius 1 is 1.00 bits per heavy atom. The van der Waals surface area contributed by atoms with Crippen molar-refractivity contribution in [3.05, 3.63) is 58.7 Å². The highest BCUT2D eigenvalue weighted by Crippen LogP contribution is 2.31. The first-order valence-electron chi connectivity index (χ1n) is 9.79. The number of hydrogen-bond donors (Lipinski definition) is 2. The van der Waals surface area contributed by atoms with Gasteiger partial charge in [0.1, 0.15) is 0 Å². The number of fused-ring (bicyclic) bond motifs is 1. The maximum Gasteiger partial charge on any atom is 0.262 e. The van der Waals surface area contributed by atoms with Gasteiger partial charge in [-0.1, -0.05) is 6.07 Å². The number of imide groups is 1. The fraction of sp³-hybridized carbons (Fsp3) is 0.348. The van der Waals surface area contributed by atoms with E-state index >= 15 is 0 Å². The van der Waals surface area contributed by atoms with Crippen molar-refractivity contribution in [2.75, 3.05) is 20.8 Å². The summed E-state index contributed by atoms with van der Waals surface area (Å²) in [5.74, 6) is -0.257. The number of amides is 3. The second-order valence-electron chi connectivity index (χ2n) is 8.22. The Balaban J connectivity index is 1.72. The molecule has 2 aromatic rings. The van der Waals surface area contributed by atoms with E-state index in [-0.39, 0.29) is 29.1 Å². The average molecular weight is 426 g/mol. The zero-order chi connectivity index (χ0) is 22.9. The van der Waals surface area contributed by atoms with Gasteiger partial charge in [-0.15, -0.1) is 0 Å². The molecule has 0 saturated heterocycles. The molecular weight excluding hydrogens is 400 g/mol. The molecule has 1 heterocycles. The maximum absolute atomic E-state index is 12.7. The van der Waals surface area contributed by atoms with Gasteiger partial charge in [0.15, 0.2) is 11.5 Å². The van der Waals surface area contributed by atoms with E-state index < -0.39 is 23.5 Å². The van der Waals surface area contributed by atoms with Gasteiger partial charge in [-0.05, 0) is 56.7 Å². The number of aliphatic hydroxyl groups excluding tert-OH is 1. The number of nitrogens with one attached hydrogen (secondary N) is 1. The molecule has 2 N–H and O–H groups in total. The lowest BCUT2D eigenvalue weighted by Crippen LogP contribution is -2.45. The maximum atomic E-state index is 12.7. The molecule has 1 unspecified atom stereocenters. The molecule has 1 aliphatic heterocycles. The third-order valence-electron chi connectivity index (χ3n) is 5.07. The Morgan fingerprint density at radius 3 is 2.26 bits per heavy atom. The standard InChI is InChI=1S/C23H26N2O6/c1-23(2,3)25-21(28)15-8-6-14(10-16(15)22(25)29)20(27)24-12-17(26)13-7-9-18(30-4)19(11-13)31-5/h6-11,17,26H,12H2,1-5H3,(H,24,27). The first kappa shape index (κ1) is 22.3. The smallest absolute Gasteiger partial charge is 0.262 e. The number of carbonyl (C=O) groups excluding carboxylic acids is 3. The van der Waals surface area contributed by atoms with Gasteiger partial charge in [0.25, 0.3) is 17.7 Å². The highest BCUT2D eigenvalue weighted by Gasteiger charge is 2.42. The fourth-order valence-corrected chi connectivity index (χ4v) is 3.46. The van der Waals surface area contributed by atoms with Crippen LogP contribution in [0, 0.1) is 0 Å². The molecule has 0 radical (unpaired) electrons. The minimum Gasteiger partial charge on any atom is -0.493 e. The molecule has 8 nitrogen and oxygen atoms in total. The van der Waals surface area contributed by atoms with Gasteiger partial charge in [-0.3, -0.25) is 19.3 Å². The molecule has 3 amide bonds. The summed E-state index contributed by atoms with van der Waals surface area (Å²) in [5.41, 5.74) is 0.595. The van der Waals surface area contributed by atoms with E-state index in [4.69, 9.17) is 9.47 Å². The fourth-order valence-electron chi connectivity index (χ4n) is 3.46. The van der Waals surface area contributed by atoms with Crippen LogP contribution in [0.3, 0.4) is 0 Å². The zero-order valence-electron chi connectivity index (χ0n) is 18.2. The average Bonchev–Trinajstić information content (AvgIpc) is 3.00. The molecule has 0 bridgehead atoms. The van der Waals surface area contributed by atoms with Crippen LogP contribution in [0.1, 0.15) is 63.5 Å². The lowest BCUT2D eigenvalue weighted by molar-refractivity contribution is 0.0507. The number of carbonyl (C=O) groups is 3. The summed E-state index contributed by atoms with van der Waals surface area (Å²) in [6.45, 7) is 5.28. The number of aliphatic hydroxyl groups is 1. The SMILES string of the molecule is COc1ccc(C(O)CNC(=O)c2ccc3c(c2)C(=O)N(C(C)(C)C)C3=O)cc1OC. The monoisotopic (exact) mass is 426 g/mol.